The maximum Gasteiger partial charge on any atom is 0.224 e. The van der Waals surface area contributed by atoms with Crippen molar-refractivity contribution in [1.29, 1.82) is 0 Å². The van der Waals surface area contributed by atoms with Crippen molar-refractivity contribution in [2.24, 2.45) is 5.73 Å². The summed E-state index contributed by atoms with van der Waals surface area (Å²) in [4.78, 5) is 16.2. The molecule has 0 spiro atoms. The van der Waals surface area contributed by atoms with Crippen LogP contribution in [0.1, 0.15) is 19.5 Å². The van der Waals surface area contributed by atoms with E-state index in [4.69, 9.17) is 17.2 Å². The van der Waals surface area contributed by atoms with E-state index < -0.39 is 5.54 Å². The number of hydrogen-bond acceptors (Lipinski definition) is 7. The van der Waals surface area contributed by atoms with E-state index in [1.54, 1.807) is 6.20 Å². The van der Waals surface area contributed by atoms with Crippen LogP contribution in [0.25, 0.3) is 11.2 Å². The van der Waals surface area contributed by atoms with Gasteiger partial charge in [-0.05, 0) is 13.8 Å². The van der Waals surface area contributed by atoms with Crippen molar-refractivity contribution in [1.82, 2.24) is 19.9 Å². The lowest BCUT2D eigenvalue weighted by Gasteiger charge is -2.17. The lowest BCUT2D eigenvalue weighted by Crippen LogP contribution is -2.30. The molecule has 16 heavy (non-hydrogen) atoms. The van der Waals surface area contributed by atoms with E-state index in [2.05, 4.69) is 19.9 Å². The van der Waals surface area contributed by atoms with Crippen LogP contribution in [-0.2, 0) is 5.54 Å². The van der Waals surface area contributed by atoms with Gasteiger partial charge in [-0.2, -0.15) is 9.97 Å². The van der Waals surface area contributed by atoms with Gasteiger partial charge in [-0.1, -0.05) is 0 Å². The van der Waals surface area contributed by atoms with Crippen molar-refractivity contribution >= 4 is 22.9 Å². The van der Waals surface area contributed by atoms with E-state index >= 15 is 0 Å². The van der Waals surface area contributed by atoms with Crippen LogP contribution in [0.4, 0.5) is 11.8 Å². The fourth-order valence-electron chi connectivity index (χ4n) is 1.26. The van der Waals surface area contributed by atoms with Gasteiger partial charge in [0.2, 0.25) is 5.95 Å². The normalized spacial score (nSPS) is 11.9. The summed E-state index contributed by atoms with van der Waals surface area (Å²) < 4.78 is 0. The maximum absolute atomic E-state index is 5.92. The van der Waals surface area contributed by atoms with Crippen LogP contribution in [0.2, 0.25) is 0 Å². The first-order valence-corrected chi connectivity index (χ1v) is 4.73. The van der Waals surface area contributed by atoms with Crippen molar-refractivity contribution in [2.75, 3.05) is 11.5 Å². The van der Waals surface area contributed by atoms with Gasteiger partial charge in [-0.3, -0.25) is 0 Å². The highest BCUT2D eigenvalue weighted by Crippen LogP contribution is 2.19. The average Bonchev–Trinajstić information content (AvgIpc) is 2.15. The molecule has 0 fully saturated rings. The Bertz CT molecular complexity index is 543. The van der Waals surface area contributed by atoms with Crippen molar-refractivity contribution < 1.29 is 0 Å². The first-order chi connectivity index (χ1) is 7.38. The Hall–Kier alpha value is -2.02. The molecule has 7 nitrogen and oxygen atoms in total. The van der Waals surface area contributed by atoms with Gasteiger partial charge in [0.05, 0.1) is 17.4 Å². The number of hydrogen-bond donors (Lipinski definition) is 3. The second-order valence-corrected chi connectivity index (χ2v) is 4.12. The largest absolute Gasteiger partial charge is 0.382 e. The highest BCUT2D eigenvalue weighted by molar-refractivity contribution is 5.81. The van der Waals surface area contributed by atoms with E-state index in [9.17, 15) is 0 Å². The Balaban J connectivity index is 2.72. The average molecular weight is 219 g/mol. The summed E-state index contributed by atoms with van der Waals surface area (Å²) in [6, 6.07) is 0. The Kier molecular flexibility index (Phi) is 2.13. The molecule has 0 aliphatic heterocycles. The molecule has 84 valence electrons. The molecule has 0 aliphatic carbocycles. The van der Waals surface area contributed by atoms with Gasteiger partial charge in [0.25, 0.3) is 0 Å². The molecule has 2 aromatic heterocycles. The zero-order valence-corrected chi connectivity index (χ0v) is 9.10. The Morgan fingerprint density at radius 3 is 2.44 bits per heavy atom. The van der Waals surface area contributed by atoms with E-state index in [0.29, 0.717) is 16.9 Å². The molecule has 2 rings (SSSR count). The third-order valence-corrected chi connectivity index (χ3v) is 2.11. The first-order valence-electron chi connectivity index (χ1n) is 4.73. The van der Waals surface area contributed by atoms with Crippen molar-refractivity contribution in [3.8, 4) is 0 Å². The molecule has 2 aromatic rings. The van der Waals surface area contributed by atoms with Crippen LogP contribution in [0, 0.1) is 0 Å². The van der Waals surface area contributed by atoms with Crippen LogP contribution >= 0.6 is 0 Å². The van der Waals surface area contributed by atoms with E-state index in [1.165, 1.54) is 0 Å². The summed E-state index contributed by atoms with van der Waals surface area (Å²) in [6.07, 6.45) is 1.56. The molecule has 0 saturated heterocycles. The van der Waals surface area contributed by atoms with Crippen LogP contribution in [0.15, 0.2) is 6.20 Å². The van der Waals surface area contributed by atoms with E-state index in [-0.39, 0.29) is 11.8 Å². The summed E-state index contributed by atoms with van der Waals surface area (Å²) in [5.41, 5.74) is 17.9. The minimum absolute atomic E-state index is 0.0825. The molecule has 0 amide bonds. The molecular formula is C9H13N7. The van der Waals surface area contributed by atoms with Crippen LogP contribution in [-0.4, -0.2) is 19.9 Å². The van der Waals surface area contributed by atoms with Gasteiger partial charge >= 0.3 is 0 Å². The SMILES string of the molecule is CC(C)(N)c1cnc2nc(N)nc(N)c2n1. The van der Waals surface area contributed by atoms with Crippen molar-refractivity contribution in [3.05, 3.63) is 11.9 Å². The van der Waals surface area contributed by atoms with Gasteiger partial charge in [-0.25, -0.2) is 9.97 Å². The number of aromatic nitrogens is 4. The van der Waals surface area contributed by atoms with E-state index in [1.807, 2.05) is 13.8 Å². The Morgan fingerprint density at radius 1 is 1.12 bits per heavy atom. The molecule has 0 atom stereocenters. The topological polar surface area (TPSA) is 130 Å². The lowest BCUT2D eigenvalue weighted by molar-refractivity contribution is 0.535. The molecule has 0 aliphatic rings. The number of fused-ring (bicyclic) bond motifs is 1. The Morgan fingerprint density at radius 2 is 1.81 bits per heavy atom. The number of anilines is 2. The van der Waals surface area contributed by atoms with Gasteiger partial charge in [0, 0.05) is 0 Å². The predicted molar refractivity (Wildman–Crippen MR) is 61.2 cm³/mol. The first kappa shape index (κ1) is 10.5. The highest BCUT2D eigenvalue weighted by Gasteiger charge is 2.18. The molecular weight excluding hydrogens is 206 g/mol. The minimum atomic E-state index is -0.588. The molecule has 0 saturated carbocycles. The van der Waals surface area contributed by atoms with Crippen LogP contribution in [0.3, 0.4) is 0 Å². The molecule has 6 N–H and O–H groups in total. The second kappa shape index (κ2) is 3.24. The summed E-state index contributed by atoms with van der Waals surface area (Å²) in [6.45, 7) is 3.66. The molecule has 0 bridgehead atoms. The smallest absolute Gasteiger partial charge is 0.224 e. The standard InChI is InChI=1S/C9H13N7/c1-9(2,12)4-3-13-7-5(14-4)6(10)15-8(11)16-7/h3H,12H2,1-2H3,(H4,10,11,13,15,16). The molecule has 0 radical (unpaired) electrons. The number of nitrogens with zero attached hydrogens (tertiary/aromatic N) is 4. The van der Waals surface area contributed by atoms with E-state index in [0.717, 1.165) is 0 Å². The monoisotopic (exact) mass is 219 g/mol. The highest BCUT2D eigenvalue weighted by atomic mass is 15.1. The summed E-state index contributed by atoms with van der Waals surface area (Å²) in [5.74, 6) is 0.292. The zero-order valence-electron chi connectivity index (χ0n) is 9.10. The van der Waals surface area contributed by atoms with Crippen molar-refractivity contribution in [3.63, 3.8) is 0 Å². The number of nitrogens with two attached hydrogens (primary N) is 3. The maximum atomic E-state index is 5.92. The Labute approximate surface area is 92.1 Å². The second-order valence-electron chi connectivity index (χ2n) is 4.12. The molecule has 7 heteroatoms. The number of nitrogen functional groups attached to an aromatic ring is 2. The number of rotatable bonds is 1. The molecule has 2 heterocycles. The summed E-state index contributed by atoms with van der Waals surface area (Å²) in [7, 11) is 0. The van der Waals surface area contributed by atoms with Crippen molar-refractivity contribution in [2.45, 2.75) is 19.4 Å². The third-order valence-electron chi connectivity index (χ3n) is 2.11. The van der Waals surface area contributed by atoms with Gasteiger partial charge in [0.1, 0.15) is 0 Å². The van der Waals surface area contributed by atoms with Crippen LogP contribution < -0.4 is 17.2 Å². The molecule has 0 unspecified atom stereocenters. The van der Waals surface area contributed by atoms with Gasteiger partial charge in [0.15, 0.2) is 17.0 Å². The van der Waals surface area contributed by atoms with Gasteiger partial charge < -0.3 is 17.2 Å². The summed E-state index contributed by atoms with van der Waals surface area (Å²) >= 11 is 0. The minimum Gasteiger partial charge on any atom is -0.382 e. The predicted octanol–water partition coefficient (Wildman–Crippen LogP) is -0.222. The fourth-order valence-corrected chi connectivity index (χ4v) is 1.26. The quantitative estimate of drug-likeness (QED) is 0.604. The fraction of sp³-hybridized carbons (Fsp3) is 0.333. The zero-order chi connectivity index (χ0) is 11.9. The third kappa shape index (κ3) is 1.72. The summed E-state index contributed by atoms with van der Waals surface area (Å²) in [5, 5.41) is 0. The molecule has 0 aromatic carbocycles. The lowest BCUT2D eigenvalue weighted by atomic mass is 10.0. The van der Waals surface area contributed by atoms with Gasteiger partial charge in [-0.15, -0.1) is 0 Å². The van der Waals surface area contributed by atoms with Crippen LogP contribution in [0.5, 0.6) is 0 Å².